The highest BCUT2D eigenvalue weighted by molar-refractivity contribution is 6.04. The number of para-hydroxylation sites is 1. The van der Waals surface area contributed by atoms with Gasteiger partial charge in [-0.05, 0) is 36.4 Å². The molecule has 6 nitrogen and oxygen atoms in total. The Bertz CT molecular complexity index is 923. The van der Waals surface area contributed by atoms with E-state index in [9.17, 15) is 9.18 Å². The Morgan fingerprint density at radius 1 is 1.00 bits per heavy atom. The van der Waals surface area contributed by atoms with Gasteiger partial charge >= 0.3 is 0 Å². The van der Waals surface area contributed by atoms with Crippen LogP contribution in [0.4, 0.5) is 21.6 Å². The summed E-state index contributed by atoms with van der Waals surface area (Å²) in [4.78, 5) is 16.6. The monoisotopic (exact) mass is 367 g/mol. The highest BCUT2D eigenvalue weighted by atomic mass is 19.1. The Morgan fingerprint density at radius 3 is 2.30 bits per heavy atom. The molecule has 3 rings (SSSR count). The summed E-state index contributed by atoms with van der Waals surface area (Å²) in [5.74, 6) is 0.790. The van der Waals surface area contributed by atoms with Crippen molar-refractivity contribution in [2.24, 2.45) is 0 Å². The SMILES string of the molecule is COc1cc(OC)cc(C(=O)Nc2ccc(Nc3ccccc3F)nc2)c1. The number of carbonyl (C=O) groups is 1. The van der Waals surface area contributed by atoms with E-state index < -0.39 is 0 Å². The van der Waals surface area contributed by atoms with Crippen LogP contribution in [0.5, 0.6) is 11.5 Å². The second-order valence-electron chi connectivity index (χ2n) is 5.59. The summed E-state index contributed by atoms with van der Waals surface area (Å²) in [6.45, 7) is 0. The van der Waals surface area contributed by atoms with Crippen molar-refractivity contribution in [2.75, 3.05) is 24.9 Å². The molecule has 2 N–H and O–H groups in total. The fraction of sp³-hybridized carbons (Fsp3) is 0.100. The van der Waals surface area contributed by atoms with Gasteiger partial charge in [0.05, 0.1) is 31.8 Å². The number of halogens is 1. The van der Waals surface area contributed by atoms with Crippen molar-refractivity contribution >= 4 is 23.1 Å². The van der Waals surface area contributed by atoms with Crippen LogP contribution in [-0.2, 0) is 0 Å². The zero-order chi connectivity index (χ0) is 19.2. The molecule has 138 valence electrons. The standard InChI is InChI=1S/C20H18FN3O3/c1-26-15-9-13(10-16(11-15)27-2)20(25)23-14-7-8-19(22-12-14)24-18-6-4-3-5-17(18)21/h3-12H,1-2H3,(H,22,24)(H,23,25). The molecule has 0 bridgehead atoms. The molecule has 1 heterocycles. The number of pyridine rings is 1. The number of rotatable bonds is 6. The fourth-order valence-corrected chi connectivity index (χ4v) is 2.38. The number of nitrogens with one attached hydrogen (secondary N) is 2. The molecular weight excluding hydrogens is 349 g/mol. The van der Waals surface area contributed by atoms with Crippen molar-refractivity contribution in [3.63, 3.8) is 0 Å². The van der Waals surface area contributed by atoms with Gasteiger partial charge in [-0.3, -0.25) is 4.79 Å². The first-order valence-corrected chi connectivity index (χ1v) is 8.11. The number of amides is 1. The van der Waals surface area contributed by atoms with Gasteiger partial charge in [-0.1, -0.05) is 12.1 Å². The minimum atomic E-state index is -0.372. The largest absolute Gasteiger partial charge is 0.497 e. The third kappa shape index (κ3) is 4.52. The van der Waals surface area contributed by atoms with E-state index in [0.29, 0.717) is 34.3 Å². The van der Waals surface area contributed by atoms with Gasteiger partial charge in [0.2, 0.25) is 0 Å². The summed E-state index contributed by atoms with van der Waals surface area (Å²) < 4.78 is 24.0. The van der Waals surface area contributed by atoms with Gasteiger partial charge in [-0.2, -0.15) is 0 Å². The van der Waals surface area contributed by atoms with Gasteiger partial charge in [-0.15, -0.1) is 0 Å². The Labute approximate surface area is 156 Å². The zero-order valence-electron chi connectivity index (χ0n) is 14.8. The van der Waals surface area contributed by atoms with Crippen molar-refractivity contribution in [2.45, 2.75) is 0 Å². The predicted octanol–water partition coefficient (Wildman–Crippen LogP) is 4.23. The first-order valence-electron chi connectivity index (χ1n) is 8.11. The maximum absolute atomic E-state index is 13.7. The number of hydrogen-bond donors (Lipinski definition) is 2. The van der Waals surface area contributed by atoms with Gasteiger partial charge in [0.25, 0.3) is 5.91 Å². The highest BCUT2D eigenvalue weighted by Crippen LogP contribution is 2.24. The third-order valence-electron chi connectivity index (χ3n) is 3.77. The number of anilines is 3. The number of hydrogen-bond acceptors (Lipinski definition) is 5. The molecule has 27 heavy (non-hydrogen) atoms. The Kier molecular flexibility index (Phi) is 5.51. The summed E-state index contributed by atoms with van der Waals surface area (Å²) >= 11 is 0. The lowest BCUT2D eigenvalue weighted by Gasteiger charge is -2.10. The molecule has 1 amide bonds. The van der Waals surface area contributed by atoms with Crippen molar-refractivity contribution in [1.29, 1.82) is 0 Å². The van der Waals surface area contributed by atoms with Crippen LogP contribution >= 0.6 is 0 Å². The van der Waals surface area contributed by atoms with Crippen LogP contribution < -0.4 is 20.1 Å². The van der Waals surface area contributed by atoms with Crippen LogP contribution in [-0.4, -0.2) is 25.1 Å². The van der Waals surface area contributed by atoms with Gasteiger partial charge < -0.3 is 20.1 Å². The molecule has 0 aliphatic rings. The minimum Gasteiger partial charge on any atom is -0.497 e. The molecule has 7 heteroatoms. The van der Waals surface area contributed by atoms with E-state index >= 15 is 0 Å². The summed E-state index contributed by atoms with van der Waals surface area (Å²) in [6.07, 6.45) is 1.48. The molecule has 1 aromatic heterocycles. The molecule has 0 aliphatic heterocycles. The molecule has 0 radical (unpaired) electrons. The zero-order valence-corrected chi connectivity index (χ0v) is 14.8. The summed E-state index contributed by atoms with van der Waals surface area (Å²) in [7, 11) is 3.03. The normalized spacial score (nSPS) is 10.2. The molecule has 0 fully saturated rings. The van der Waals surface area contributed by atoms with E-state index in [0.717, 1.165) is 0 Å². The van der Waals surface area contributed by atoms with Crippen molar-refractivity contribution < 1.29 is 18.7 Å². The van der Waals surface area contributed by atoms with Crippen LogP contribution in [0.2, 0.25) is 0 Å². The maximum atomic E-state index is 13.7. The number of aromatic nitrogens is 1. The first-order chi connectivity index (χ1) is 13.1. The van der Waals surface area contributed by atoms with Crippen LogP contribution in [0.1, 0.15) is 10.4 Å². The topological polar surface area (TPSA) is 72.5 Å². The van der Waals surface area contributed by atoms with Gasteiger partial charge in [-0.25, -0.2) is 9.37 Å². The smallest absolute Gasteiger partial charge is 0.255 e. The number of carbonyl (C=O) groups excluding carboxylic acids is 1. The van der Waals surface area contributed by atoms with Crippen LogP contribution in [0, 0.1) is 5.82 Å². The Morgan fingerprint density at radius 2 is 1.70 bits per heavy atom. The second kappa shape index (κ2) is 8.18. The number of nitrogens with zero attached hydrogens (tertiary/aromatic N) is 1. The van der Waals surface area contributed by atoms with Crippen LogP contribution in [0.3, 0.4) is 0 Å². The lowest BCUT2D eigenvalue weighted by Crippen LogP contribution is -2.12. The summed E-state index contributed by atoms with van der Waals surface area (Å²) in [5, 5.41) is 5.63. The number of ether oxygens (including phenoxy) is 2. The third-order valence-corrected chi connectivity index (χ3v) is 3.77. The average molecular weight is 367 g/mol. The molecule has 0 spiro atoms. The van der Waals surface area contributed by atoms with E-state index in [1.807, 2.05) is 0 Å². The van der Waals surface area contributed by atoms with Gasteiger partial charge in [0, 0.05) is 11.6 Å². The number of benzene rings is 2. The molecular formula is C20H18FN3O3. The predicted molar refractivity (Wildman–Crippen MR) is 101 cm³/mol. The van der Waals surface area contributed by atoms with Crippen molar-refractivity contribution in [3.05, 3.63) is 72.2 Å². The quantitative estimate of drug-likeness (QED) is 0.682. The lowest BCUT2D eigenvalue weighted by atomic mass is 10.2. The van der Waals surface area contributed by atoms with Crippen molar-refractivity contribution in [1.82, 2.24) is 4.98 Å². The Hall–Kier alpha value is -3.61. The van der Waals surface area contributed by atoms with Gasteiger partial charge in [0.1, 0.15) is 23.1 Å². The minimum absolute atomic E-state index is 0.324. The Balaban J connectivity index is 1.71. The van der Waals surface area contributed by atoms with E-state index in [-0.39, 0.29) is 11.7 Å². The molecule has 0 saturated carbocycles. The highest BCUT2D eigenvalue weighted by Gasteiger charge is 2.11. The van der Waals surface area contributed by atoms with E-state index in [1.165, 1.54) is 26.5 Å². The van der Waals surface area contributed by atoms with Gasteiger partial charge in [0.15, 0.2) is 0 Å². The van der Waals surface area contributed by atoms with E-state index in [1.54, 1.807) is 48.5 Å². The number of methoxy groups -OCH3 is 2. The van der Waals surface area contributed by atoms with Crippen LogP contribution in [0.25, 0.3) is 0 Å². The first kappa shape index (κ1) is 18.2. The molecule has 0 unspecified atom stereocenters. The van der Waals surface area contributed by atoms with E-state index in [2.05, 4.69) is 15.6 Å². The molecule has 0 aliphatic carbocycles. The molecule has 0 saturated heterocycles. The fourth-order valence-electron chi connectivity index (χ4n) is 2.38. The molecule has 0 atom stereocenters. The molecule has 2 aromatic carbocycles. The summed E-state index contributed by atoms with van der Waals surface area (Å²) in [6, 6.07) is 14.5. The van der Waals surface area contributed by atoms with E-state index in [4.69, 9.17) is 9.47 Å². The van der Waals surface area contributed by atoms with Crippen molar-refractivity contribution in [3.8, 4) is 11.5 Å². The lowest BCUT2D eigenvalue weighted by molar-refractivity contribution is 0.102. The second-order valence-corrected chi connectivity index (χ2v) is 5.59. The van der Waals surface area contributed by atoms with Crippen LogP contribution in [0.15, 0.2) is 60.8 Å². The maximum Gasteiger partial charge on any atom is 0.255 e. The average Bonchev–Trinajstić information content (AvgIpc) is 2.70. The summed E-state index contributed by atoms with van der Waals surface area (Å²) in [5.41, 5.74) is 1.21. The molecule has 3 aromatic rings.